The van der Waals surface area contributed by atoms with Crippen LogP contribution in [0, 0.1) is 0 Å². The van der Waals surface area contributed by atoms with Gasteiger partial charge in [0, 0.05) is 40.0 Å². The molecule has 1 aliphatic rings. The SMILES string of the molecule is CC(=O)N1CCC[C@H](c2cn3nccc3c(N(C)C)n2)C1. The summed E-state index contributed by atoms with van der Waals surface area (Å²) in [6, 6.07) is 1.97. The molecule has 2 aromatic heterocycles. The van der Waals surface area contributed by atoms with Crippen molar-refractivity contribution in [1.82, 2.24) is 19.5 Å². The van der Waals surface area contributed by atoms with E-state index in [1.807, 2.05) is 40.7 Å². The Hall–Kier alpha value is -2.11. The van der Waals surface area contributed by atoms with Crippen molar-refractivity contribution < 1.29 is 4.79 Å². The Labute approximate surface area is 124 Å². The van der Waals surface area contributed by atoms with Crippen LogP contribution in [0.4, 0.5) is 5.82 Å². The summed E-state index contributed by atoms with van der Waals surface area (Å²) in [4.78, 5) is 20.3. The summed E-state index contributed by atoms with van der Waals surface area (Å²) in [7, 11) is 3.98. The zero-order valence-electron chi connectivity index (χ0n) is 12.8. The minimum atomic E-state index is 0.146. The third-order valence-corrected chi connectivity index (χ3v) is 4.10. The molecule has 1 amide bonds. The van der Waals surface area contributed by atoms with E-state index in [9.17, 15) is 4.79 Å². The summed E-state index contributed by atoms with van der Waals surface area (Å²) in [6.45, 7) is 3.25. The molecule has 3 heterocycles. The fourth-order valence-corrected chi connectivity index (χ4v) is 2.96. The number of nitrogens with zero attached hydrogens (tertiary/aromatic N) is 5. The van der Waals surface area contributed by atoms with E-state index in [0.29, 0.717) is 0 Å². The first-order chi connectivity index (χ1) is 10.1. The molecule has 0 N–H and O–H groups in total. The van der Waals surface area contributed by atoms with E-state index >= 15 is 0 Å². The van der Waals surface area contributed by atoms with Gasteiger partial charge in [-0.05, 0) is 18.9 Å². The third kappa shape index (κ3) is 2.57. The summed E-state index contributed by atoms with van der Waals surface area (Å²) in [5.74, 6) is 1.35. The lowest BCUT2D eigenvalue weighted by molar-refractivity contribution is -0.130. The smallest absolute Gasteiger partial charge is 0.219 e. The molecule has 0 saturated carbocycles. The van der Waals surface area contributed by atoms with Gasteiger partial charge in [0.05, 0.1) is 18.1 Å². The molecule has 2 aromatic rings. The first-order valence-electron chi connectivity index (χ1n) is 7.33. The van der Waals surface area contributed by atoms with Gasteiger partial charge in [0.25, 0.3) is 0 Å². The Morgan fingerprint density at radius 2 is 2.24 bits per heavy atom. The van der Waals surface area contributed by atoms with Gasteiger partial charge in [-0.1, -0.05) is 0 Å². The number of carbonyl (C=O) groups excluding carboxylic acids is 1. The van der Waals surface area contributed by atoms with Gasteiger partial charge in [0.1, 0.15) is 5.52 Å². The highest BCUT2D eigenvalue weighted by Gasteiger charge is 2.25. The molecule has 6 nitrogen and oxygen atoms in total. The Bertz CT molecular complexity index is 663. The van der Waals surface area contributed by atoms with E-state index in [-0.39, 0.29) is 11.8 Å². The van der Waals surface area contributed by atoms with Crippen molar-refractivity contribution in [1.29, 1.82) is 0 Å². The van der Waals surface area contributed by atoms with E-state index in [1.165, 1.54) is 0 Å². The molecule has 1 saturated heterocycles. The standard InChI is InChI=1S/C15H21N5O/c1-11(21)19-8-4-5-12(9-19)13-10-20-14(6-7-16-20)15(17-13)18(2)3/h6-7,10,12H,4-5,8-9H2,1-3H3/t12-/m0/s1. The first kappa shape index (κ1) is 13.9. The zero-order valence-corrected chi connectivity index (χ0v) is 12.8. The molecule has 0 radical (unpaired) electrons. The van der Waals surface area contributed by atoms with E-state index < -0.39 is 0 Å². The molecule has 1 fully saturated rings. The summed E-state index contributed by atoms with van der Waals surface area (Å²) in [5, 5.41) is 4.34. The number of fused-ring (bicyclic) bond motifs is 1. The average Bonchev–Trinajstić information content (AvgIpc) is 2.94. The number of anilines is 1. The Balaban J connectivity index is 1.98. The minimum Gasteiger partial charge on any atom is -0.361 e. The van der Waals surface area contributed by atoms with Gasteiger partial charge < -0.3 is 9.80 Å². The maximum Gasteiger partial charge on any atom is 0.219 e. The van der Waals surface area contributed by atoms with Crippen LogP contribution >= 0.6 is 0 Å². The number of amides is 1. The second-order valence-electron chi connectivity index (χ2n) is 5.85. The average molecular weight is 287 g/mol. The fraction of sp³-hybridized carbons (Fsp3) is 0.533. The molecule has 3 rings (SSSR count). The predicted molar refractivity (Wildman–Crippen MR) is 81.5 cm³/mol. The highest BCUT2D eigenvalue weighted by atomic mass is 16.2. The molecular weight excluding hydrogens is 266 g/mol. The Morgan fingerprint density at radius 1 is 1.43 bits per heavy atom. The predicted octanol–water partition coefficient (Wildman–Crippen LogP) is 1.52. The van der Waals surface area contributed by atoms with Crippen molar-refractivity contribution >= 4 is 17.2 Å². The van der Waals surface area contributed by atoms with Gasteiger partial charge in [0.15, 0.2) is 5.82 Å². The van der Waals surface area contributed by atoms with Crippen LogP contribution < -0.4 is 4.90 Å². The highest BCUT2D eigenvalue weighted by molar-refractivity contribution is 5.73. The maximum absolute atomic E-state index is 11.6. The van der Waals surface area contributed by atoms with Crippen LogP contribution in [0.5, 0.6) is 0 Å². The number of carbonyl (C=O) groups is 1. The largest absolute Gasteiger partial charge is 0.361 e. The number of hydrogen-bond donors (Lipinski definition) is 0. The van der Waals surface area contributed by atoms with Crippen LogP contribution in [0.15, 0.2) is 18.5 Å². The molecule has 0 spiro atoms. The van der Waals surface area contributed by atoms with Crippen molar-refractivity contribution in [3.63, 3.8) is 0 Å². The van der Waals surface area contributed by atoms with Gasteiger partial charge in [0.2, 0.25) is 5.91 Å². The topological polar surface area (TPSA) is 53.7 Å². The third-order valence-electron chi connectivity index (χ3n) is 4.10. The van der Waals surface area contributed by atoms with E-state index in [2.05, 4.69) is 5.10 Å². The number of piperidine rings is 1. The molecule has 112 valence electrons. The second kappa shape index (κ2) is 5.35. The quantitative estimate of drug-likeness (QED) is 0.840. The van der Waals surface area contributed by atoms with Gasteiger partial charge in [-0.25, -0.2) is 9.50 Å². The molecule has 0 aromatic carbocycles. The number of rotatable bonds is 2. The van der Waals surface area contributed by atoms with Gasteiger partial charge in [-0.15, -0.1) is 0 Å². The lowest BCUT2D eigenvalue weighted by Crippen LogP contribution is -2.38. The fourth-order valence-electron chi connectivity index (χ4n) is 2.96. The molecule has 21 heavy (non-hydrogen) atoms. The van der Waals surface area contributed by atoms with Crippen LogP contribution in [0.2, 0.25) is 0 Å². The van der Waals surface area contributed by atoms with Crippen molar-refractivity contribution in [2.75, 3.05) is 32.1 Å². The lowest BCUT2D eigenvalue weighted by atomic mass is 9.95. The van der Waals surface area contributed by atoms with Crippen molar-refractivity contribution in [2.45, 2.75) is 25.7 Å². The van der Waals surface area contributed by atoms with Crippen LogP contribution in [0.1, 0.15) is 31.4 Å². The molecule has 1 aliphatic heterocycles. The number of hydrogen-bond acceptors (Lipinski definition) is 4. The zero-order chi connectivity index (χ0) is 15.0. The van der Waals surface area contributed by atoms with Crippen LogP contribution in [0.25, 0.3) is 5.52 Å². The molecule has 0 unspecified atom stereocenters. The normalized spacial score (nSPS) is 19.0. The lowest BCUT2D eigenvalue weighted by Gasteiger charge is -2.32. The number of aromatic nitrogens is 3. The summed E-state index contributed by atoms with van der Waals surface area (Å²) in [5.41, 5.74) is 2.02. The maximum atomic E-state index is 11.6. The Morgan fingerprint density at radius 3 is 2.95 bits per heavy atom. The van der Waals surface area contributed by atoms with E-state index in [1.54, 1.807) is 13.1 Å². The number of likely N-dealkylation sites (tertiary alicyclic amines) is 1. The molecule has 6 heteroatoms. The van der Waals surface area contributed by atoms with Crippen LogP contribution in [0.3, 0.4) is 0 Å². The van der Waals surface area contributed by atoms with Crippen LogP contribution in [-0.2, 0) is 4.79 Å². The monoisotopic (exact) mass is 287 g/mol. The summed E-state index contributed by atoms with van der Waals surface area (Å²) < 4.78 is 1.88. The van der Waals surface area contributed by atoms with Crippen molar-refractivity contribution in [2.24, 2.45) is 0 Å². The first-order valence-corrected chi connectivity index (χ1v) is 7.33. The van der Waals surface area contributed by atoms with Gasteiger partial charge >= 0.3 is 0 Å². The van der Waals surface area contributed by atoms with Gasteiger partial charge in [-0.2, -0.15) is 5.10 Å². The van der Waals surface area contributed by atoms with Crippen molar-refractivity contribution in [3.8, 4) is 0 Å². The Kier molecular flexibility index (Phi) is 3.53. The molecule has 0 aliphatic carbocycles. The van der Waals surface area contributed by atoms with Crippen molar-refractivity contribution in [3.05, 3.63) is 24.2 Å². The van der Waals surface area contributed by atoms with Crippen LogP contribution in [-0.4, -0.2) is 52.6 Å². The van der Waals surface area contributed by atoms with Gasteiger partial charge in [-0.3, -0.25) is 4.79 Å². The van der Waals surface area contributed by atoms with E-state index in [4.69, 9.17) is 4.98 Å². The molecule has 1 atom stereocenters. The molecule has 0 bridgehead atoms. The highest BCUT2D eigenvalue weighted by Crippen LogP contribution is 2.28. The molecular formula is C15H21N5O. The summed E-state index contributed by atoms with van der Waals surface area (Å²) >= 11 is 0. The second-order valence-corrected chi connectivity index (χ2v) is 5.85. The minimum absolute atomic E-state index is 0.146. The van der Waals surface area contributed by atoms with E-state index in [0.717, 1.165) is 43.0 Å². The summed E-state index contributed by atoms with van der Waals surface area (Å²) in [6.07, 6.45) is 5.88.